The van der Waals surface area contributed by atoms with Gasteiger partial charge in [-0.05, 0) is 13.8 Å². The molecule has 2 aliphatic rings. The minimum atomic E-state index is -1.88. The van der Waals surface area contributed by atoms with Gasteiger partial charge in [-0.1, -0.05) is 0 Å². The average Bonchev–Trinajstić information content (AvgIpc) is 2.86. The van der Waals surface area contributed by atoms with Crippen LogP contribution in [0.4, 0.5) is 0 Å². The average molecular weight is 586 g/mol. The van der Waals surface area contributed by atoms with Crippen LogP contribution >= 0.6 is 11.9 Å². The Balaban J connectivity index is 2.46. The number of amides is 2. The summed E-state index contributed by atoms with van der Waals surface area (Å²) < 4.78 is 28.2. The van der Waals surface area contributed by atoms with E-state index in [4.69, 9.17) is 23.7 Å². The lowest BCUT2D eigenvalue weighted by Crippen LogP contribution is -2.70. The van der Waals surface area contributed by atoms with Gasteiger partial charge >= 0.3 is 5.97 Å². The lowest BCUT2D eigenvalue weighted by Gasteiger charge is -2.47. The first-order valence-electron chi connectivity index (χ1n) is 11.7. The molecule has 7 unspecified atom stereocenters. The number of aliphatic hydroxyl groups is 4. The number of nitrogens with zero attached hydrogens (tertiary/aromatic N) is 1. The predicted molar refractivity (Wildman–Crippen MR) is 130 cm³/mol. The van der Waals surface area contributed by atoms with Crippen LogP contribution in [-0.4, -0.2) is 136 Å². The quantitative estimate of drug-likeness (QED) is 0.0881. The fraction of sp³-hybridized carbons (Fsp3) is 0.857. The monoisotopic (exact) mass is 585 g/mol. The number of rotatable bonds is 12. The summed E-state index contributed by atoms with van der Waals surface area (Å²) in [5, 5.41) is 56.0. The molecule has 2 heterocycles. The Kier molecular flexibility index (Phi) is 12.0. The second kappa shape index (κ2) is 14.1. The highest BCUT2D eigenvalue weighted by Crippen LogP contribution is 2.32. The second-order valence-electron chi connectivity index (χ2n) is 9.43. The standard InChI is InChI=1S/C21H35N3O14S/c1-7(26)22-16(21(2,3)39-24-33)17(30)23-9-13(34-4)10(27)8(6-25)36-19(9)37-14-11(28)12(29)20(35-5)38-15(14)18(31)32/h8-16,19-20,25,27-29H,6H2,1-5H3,(H,22,26)(H,23,30)(H,31,32)/t8?,9?,10?,11?,12?,13-,14+,15?,16+,19+,20?/m1/s1. The van der Waals surface area contributed by atoms with E-state index in [9.17, 15) is 44.8 Å². The van der Waals surface area contributed by atoms with Crippen LogP contribution in [0.5, 0.6) is 0 Å². The van der Waals surface area contributed by atoms with E-state index in [0.29, 0.717) is 11.9 Å². The second-order valence-corrected chi connectivity index (χ2v) is 10.8. The summed E-state index contributed by atoms with van der Waals surface area (Å²) in [6.07, 6.45) is -14.7. The van der Waals surface area contributed by atoms with Gasteiger partial charge in [0.1, 0.15) is 48.7 Å². The van der Waals surface area contributed by atoms with Gasteiger partial charge in [0.25, 0.3) is 0 Å². The van der Waals surface area contributed by atoms with Crippen LogP contribution in [0.25, 0.3) is 0 Å². The van der Waals surface area contributed by atoms with E-state index in [1.54, 1.807) is 0 Å². The van der Waals surface area contributed by atoms with Crippen LogP contribution in [0.1, 0.15) is 20.8 Å². The third-order valence-corrected chi connectivity index (χ3v) is 7.10. The molecule has 224 valence electrons. The number of ether oxygens (including phenoxy) is 5. The van der Waals surface area contributed by atoms with Crippen LogP contribution in [0.2, 0.25) is 0 Å². The first-order chi connectivity index (χ1) is 18.2. The minimum absolute atomic E-state index is 0.484. The Morgan fingerprint density at radius 2 is 1.67 bits per heavy atom. The van der Waals surface area contributed by atoms with Crippen molar-refractivity contribution in [3.63, 3.8) is 0 Å². The van der Waals surface area contributed by atoms with Crippen LogP contribution in [-0.2, 0) is 38.1 Å². The van der Waals surface area contributed by atoms with Gasteiger partial charge < -0.3 is 59.9 Å². The summed E-state index contributed by atoms with van der Waals surface area (Å²) in [5.74, 6) is -3.09. The Hall–Kier alpha value is -2.00. The van der Waals surface area contributed by atoms with Gasteiger partial charge in [-0.25, -0.2) is 4.79 Å². The fourth-order valence-electron chi connectivity index (χ4n) is 4.31. The zero-order valence-electron chi connectivity index (χ0n) is 21.8. The van der Waals surface area contributed by atoms with Crippen LogP contribution < -0.4 is 10.6 Å². The molecule has 18 heteroatoms. The molecule has 17 nitrogen and oxygen atoms in total. The van der Waals surface area contributed by atoms with Crippen molar-refractivity contribution in [3.8, 4) is 0 Å². The van der Waals surface area contributed by atoms with Gasteiger partial charge in [0.15, 0.2) is 18.7 Å². The van der Waals surface area contributed by atoms with E-state index in [1.807, 2.05) is 0 Å². The first kappa shape index (κ1) is 33.2. The van der Waals surface area contributed by atoms with E-state index >= 15 is 0 Å². The Bertz CT molecular complexity index is 881. The molecular formula is C21H35N3O14S. The van der Waals surface area contributed by atoms with Gasteiger partial charge in [-0.15, -0.1) is 4.91 Å². The molecule has 0 spiro atoms. The molecule has 0 aromatic carbocycles. The van der Waals surface area contributed by atoms with Crippen molar-refractivity contribution in [1.82, 2.24) is 10.6 Å². The van der Waals surface area contributed by atoms with Crippen molar-refractivity contribution in [2.75, 3.05) is 20.8 Å². The molecule has 0 saturated carbocycles. The van der Waals surface area contributed by atoms with Crippen molar-refractivity contribution < 1.29 is 63.6 Å². The smallest absolute Gasteiger partial charge is 0.335 e. The number of methoxy groups -OCH3 is 2. The zero-order chi connectivity index (χ0) is 29.7. The highest BCUT2D eigenvalue weighted by atomic mass is 32.2. The number of carboxylic acid groups (broad SMARTS) is 1. The number of carbonyl (C=O) groups is 3. The molecule has 7 N–H and O–H groups in total. The third kappa shape index (κ3) is 7.60. The van der Waals surface area contributed by atoms with Crippen molar-refractivity contribution >= 4 is 29.7 Å². The molecule has 2 saturated heterocycles. The first-order valence-corrected chi connectivity index (χ1v) is 12.5. The fourth-order valence-corrected chi connectivity index (χ4v) is 4.78. The number of hydrogen-bond donors (Lipinski definition) is 7. The lowest BCUT2D eigenvalue weighted by molar-refractivity contribution is -0.339. The highest BCUT2D eigenvalue weighted by molar-refractivity contribution is 7.99. The van der Waals surface area contributed by atoms with Crippen molar-refractivity contribution in [3.05, 3.63) is 4.91 Å². The molecule has 0 radical (unpaired) electrons. The molecule has 2 aliphatic heterocycles. The summed E-state index contributed by atoms with van der Waals surface area (Å²) in [6, 6.07) is -2.80. The Morgan fingerprint density at radius 1 is 1.03 bits per heavy atom. The maximum Gasteiger partial charge on any atom is 0.335 e. The summed E-state index contributed by atoms with van der Waals surface area (Å²) in [6.45, 7) is 3.34. The molecule has 0 aromatic heterocycles. The number of nitroso groups, excluding NO2 is 1. The molecule has 0 aliphatic carbocycles. The summed E-state index contributed by atoms with van der Waals surface area (Å²) in [5.41, 5.74) is 0. The van der Waals surface area contributed by atoms with E-state index < -0.39 is 96.5 Å². The molecule has 0 bridgehead atoms. The van der Waals surface area contributed by atoms with Crippen LogP contribution in [0.3, 0.4) is 0 Å². The normalized spacial score (nSPS) is 36.0. The van der Waals surface area contributed by atoms with Crippen LogP contribution in [0, 0.1) is 4.91 Å². The van der Waals surface area contributed by atoms with Gasteiger partial charge in [0.2, 0.25) is 11.8 Å². The van der Waals surface area contributed by atoms with Crippen molar-refractivity contribution in [2.45, 2.75) is 92.9 Å². The molecule has 2 fully saturated rings. The highest BCUT2D eigenvalue weighted by Gasteiger charge is 2.54. The van der Waals surface area contributed by atoms with Crippen molar-refractivity contribution in [1.29, 1.82) is 0 Å². The number of aliphatic carboxylic acids is 1. The number of carbonyl (C=O) groups excluding carboxylic acids is 2. The number of hydrogen-bond acceptors (Lipinski definition) is 15. The van der Waals surface area contributed by atoms with Gasteiger partial charge in [0.05, 0.1) is 11.4 Å². The molecule has 2 amide bonds. The Labute approximate surface area is 227 Å². The maximum absolute atomic E-state index is 13.4. The van der Waals surface area contributed by atoms with E-state index in [0.717, 1.165) is 14.0 Å². The zero-order valence-corrected chi connectivity index (χ0v) is 22.6. The molecule has 11 atom stereocenters. The summed E-state index contributed by atoms with van der Waals surface area (Å²) >= 11 is 0.484. The maximum atomic E-state index is 13.4. The SMILES string of the molecule is COC1OC(C(=O)O)[C@@H](O[C@@H]2OC(CO)C(O)[C@H](OC)C2NC(=O)[C@H](NC(C)=O)C(C)(C)SN=O)C(O)C1O. The van der Waals surface area contributed by atoms with Crippen molar-refractivity contribution in [2.24, 2.45) is 4.58 Å². The minimum Gasteiger partial charge on any atom is -0.479 e. The molecule has 0 aromatic rings. The van der Waals surface area contributed by atoms with E-state index in [-0.39, 0.29) is 0 Å². The van der Waals surface area contributed by atoms with Gasteiger partial charge in [-0.2, -0.15) is 0 Å². The number of carboxylic acids is 1. The number of nitrogens with one attached hydrogen (secondary N) is 2. The largest absolute Gasteiger partial charge is 0.479 e. The molecular weight excluding hydrogens is 550 g/mol. The van der Waals surface area contributed by atoms with E-state index in [1.165, 1.54) is 21.0 Å². The van der Waals surface area contributed by atoms with Gasteiger partial charge in [-0.3, -0.25) is 9.59 Å². The topological polar surface area (TPSA) is 252 Å². The molecule has 2 rings (SSSR count). The third-order valence-electron chi connectivity index (χ3n) is 6.32. The molecule has 39 heavy (non-hydrogen) atoms. The predicted octanol–water partition coefficient (Wildman–Crippen LogP) is -3.17. The van der Waals surface area contributed by atoms with Gasteiger partial charge in [0, 0.05) is 37.7 Å². The lowest BCUT2D eigenvalue weighted by atomic mass is 9.94. The summed E-state index contributed by atoms with van der Waals surface area (Å²) in [7, 11) is 2.30. The van der Waals surface area contributed by atoms with E-state index in [2.05, 4.69) is 15.2 Å². The Morgan fingerprint density at radius 3 is 2.15 bits per heavy atom. The number of aliphatic hydroxyl groups excluding tert-OH is 4. The summed E-state index contributed by atoms with van der Waals surface area (Å²) in [4.78, 5) is 48.0. The van der Waals surface area contributed by atoms with Crippen LogP contribution in [0.15, 0.2) is 4.58 Å².